The lowest BCUT2D eigenvalue weighted by Gasteiger charge is -2.28. The topological polar surface area (TPSA) is 138 Å². The highest BCUT2D eigenvalue weighted by atomic mass is 19.4. The van der Waals surface area contributed by atoms with Gasteiger partial charge in [-0.25, -0.2) is 4.79 Å². The zero-order valence-corrected chi connectivity index (χ0v) is 22.0. The van der Waals surface area contributed by atoms with Gasteiger partial charge in [0.15, 0.2) is 0 Å². The lowest BCUT2D eigenvalue weighted by atomic mass is 10.0. The van der Waals surface area contributed by atoms with Gasteiger partial charge in [0.2, 0.25) is 0 Å². The number of nitrogens with one attached hydrogen (secondary N) is 1. The molecule has 2 atom stereocenters. The van der Waals surface area contributed by atoms with E-state index in [1.165, 1.54) is 29.3 Å². The molecule has 214 valence electrons. The molecule has 1 aliphatic carbocycles. The number of nitrogens with zero attached hydrogens (tertiary/aromatic N) is 6. The highest BCUT2D eigenvalue weighted by Crippen LogP contribution is 2.45. The predicted molar refractivity (Wildman–Crippen MR) is 131 cm³/mol. The van der Waals surface area contributed by atoms with Gasteiger partial charge in [-0.3, -0.25) is 9.48 Å². The molecule has 1 saturated carbocycles. The van der Waals surface area contributed by atoms with Gasteiger partial charge in [0.05, 0.1) is 18.8 Å². The first-order chi connectivity index (χ1) is 18.8. The van der Waals surface area contributed by atoms with E-state index in [9.17, 15) is 22.8 Å². The van der Waals surface area contributed by atoms with Crippen LogP contribution in [0.1, 0.15) is 62.1 Å². The number of rotatable bonds is 7. The summed E-state index contributed by atoms with van der Waals surface area (Å²) in [5, 5.41) is 14.3. The highest BCUT2D eigenvalue weighted by molar-refractivity contribution is 5.91. The van der Waals surface area contributed by atoms with Gasteiger partial charge in [0, 0.05) is 24.3 Å². The fourth-order valence-electron chi connectivity index (χ4n) is 4.63. The molecule has 0 unspecified atom stereocenters. The van der Waals surface area contributed by atoms with Gasteiger partial charge in [-0.1, -0.05) is 16.4 Å². The number of benzene rings is 1. The Kier molecular flexibility index (Phi) is 7.14. The summed E-state index contributed by atoms with van der Waals surface area (Å²) in [6, 6.07) is 3.17. The summed E-state index contributed by atoms with van der Waals surface area (Å²) < 4.78 is 54.8. The zero-order valence-electron chi connectivity index (χ0n) is 22.0. The number of halogens is 3. The van der Waals surface area contributed by atoms with E-state index in [0.29, 0.717) is 13.0 Å². The van der Waals surface area contributed by atoms with Crippen molar-refractivity contribution in [2.75, 3.05) is 6.54 Å². The van der Waals surface area contributed by atoms with Crippen molar-refractivity contribution in [1.82, 2.24) is 35.4 Å². The average molecular weight is 564 g/mol. The largest absolute Gasteiger partial charge is 0.573 e. The van der Waals surface area contributed by atoms with Crippen LogP contribution in [0.15, 0.2) is 35.1 Å². The molecule has 2 aromatic heterocycles. The van der Waals surface area contributed by atoms with Crippen molar-refractivity contribution in [3.63, 3.8) is 0 Å². The number of aromatic nitrogens is 5. The SMILES string of the molecule is CC(C)(C)OC(=O)N1C[C@H](NC(=O)c2noc(-c3cc(OC(F)(F)F)ccc3C3CC3)n2)C[C@H]1Cn1ccnn1. The molecule has 5 rings (SSSR count). The molecule has 12 nitrogen and oxygen atoms in total. The van der Waals surface area contributed by atoms with E-state index < -0.39 is 35.8 Å². The van der Waals surface area contributed by atoms with Gasteiger partial charge in [0.25, 0.3) is 17.6 Å². The highest BCUT2D eigenvalue weighted by Gasteiger charge is 2.39. The molecule has 0 spiro atoms. The molecule has 2 fully saturated rings. The minimum absolute atomic E-state index is 0.0921. The van der Waals surface area contributed by atoms with E-state index in [0.717, 1.165) is 18.4 Å². The van der Waals surface area contributed by atoms with E-state index in [4.69, 9.17) is 9.26 Å². The number of likely N-dealkylation sites (tertiary alicyclic amines) is 1. The predicted octanol–water partition coefficient (Wildman–Crippen LogP) is 3.91. The van der Waals surface area contributed by atoms with Gasteiger partial charge in [-0.2, -0.15) is 4.98 Å². The normalized spacial score (nSPS) is 19.5. The molecule has 1 aliphatic heterocycles. The Labute approximate surface area is 226 Å². The van der Waals surface area contributed by atoms with Crippen molar-refractivity contribution in [1.29, 1.82) is 0 Å². The van der Waals surface area contributed by atoms with Crippen molar-refractivity contribution >= 4 is 12.0 Å². The van der Waals surface area contributed by atoms with Crippen molar-refractivity contribution < 1.29 is 36.8 Å². The Morgan fingerprint density at radius 2 is 1.98 bits per heavy atom. The summed E-state index contributed by atoms with van der Waals surface area (Å²) in [6.45, 7) is 5.81. The summed E-state index contributed by atoms with van der Waals surface area (Å²) in [5.41, 5.74) is 0.310. The molecule has 0 radical (unpaired) electrons. The molecule has 2 aliphatic rings. The van der Waals surface area contributed by atoms with Crippen LogP contribution < -0.4 is 10.1 Å². The Hall–Kier alpha value is -4.17. The standard InChI is InChI=1S/C25H28F3N7O5/c1-24(2,3)39-23(37)35-12-15(10-16(35)13-34-9-8-29-33-34)30-21(36)20-31-22(40-32-20)19-11-17(38-25(26,27)28)6-7-18(19)14-4-5-14/h6-9,11,14-16H,4-5,10,12-13H2,1-3H3,(H,30,36)/t15-,16+/m1/s1. The van der Waals surface area contributed by atoms with Crippen LogP contribution in [0, 0.1) is 0 Å². The molecule has 2 amide bonds. The summed E-state index contributed by atoms with van der Waals surface area (Å²) in [6.07, 6.45) is -0.0373. The molecular formula is C25H28F3N7O5. The first kappa shape index (κ1) is 27.4. The number of ether oxygens (including phenoxy) is 2. The number of hydrogen-bond donors (Lipinski definition) is 1. The first-order valence-electron chi connectivity index (χ1n) is 12.7. The van der Waals surface area contributed by atoms with Crippen LogP contribution in [0.3, 0.4) is 0 Å². The molecule has 3 aromatic rings. The molecular weight excluding hydrogens is 535 g/mol. The van der Waals surface area contributed by atoms with Crippen LogP contribution in [0.2, 0.25) is 0 Å². The van der Waals surface area contributed by atoms with E-state index in [-0.39, 0.29) is 35.8 Å². The van der Waals surface area contributed by atoms with Gasteiger partial charge in [-0.15, -0.1) is 18.3 Å². The number of carbonyl (C=O) groups is 2. The molecule has 1 saturated heterocycles. The van der Waals surface area contributed by atoms with Crippen LogP contribution in [0.5, 0.6) is 5.75 Å². The quantitative estimate of drug-likeness (QED) is 0.453. The van der Waals surface area contributed by atoms with E-state index >= 15 is 0 Å². The molecule has 1 N–H and O–H groups in total. The van der Waals surface area contributed by atoms with E-state index in [1.807, 2.05) is 0 Å². The van der Waals surface area contributed by atoms with Crippen LogP contribution in [-0.2, 0) is 11.3 Å². The Bertz CT molecular complexity index is 1370. The minimum atomic E-state index is -4.86. The zero-order chi connectivity index (χ0) is 28.7. The Morgan fingerprint density at radius 3 is 2.62 bits per heavy atom. The van der Waals surface area contributed by atoms with Gasteiger partial charge >= 0.3 is 12.5 Å². The summed E-state index contributed by atoms with van der Waals surface area (Å²) in [7, 11) is 0. The first-order valence-corrected chi connectivity index (χ1v) is 12.7. The van der Waals surface area contributed by atoms with Gasteiger partial charge in [0.1, 0.15) is 11.4 Å². The fourth-order valence-corrected chi connectivity index (χ4v) is 4.63. The van der Waals surface area contributed by atoms with Crippen LogP contribution >= 0.6 is 0 Å². The summed E-state index contributed by atoms with van der Waals surface area (Å²) in [5.74, 6) is -1.31. The van der Waals surface area contributed by atoms with Crippen LogP contribution in [0.4, 0.5) is 18.0 Å². The van der Waals surface area contributed by atoms with E-state index in [1.54, 1.807) is 31.6 Å². The van der Waals surface area contributed by atoms with Crippen LogP contribution in [0.25, 0.3) is 11.5 Å². The maximum Gasteiger partial charge on any atom is 0.573 e. The van der Waals surface area contributed by atoms with Crippen molar-refractivity contribution in [3.8, 4) is 17.2 Å². The molecule has 0 bridgehead atoms. The fraction of sp³-hybridized carbons (Fsp3) is 0.520. The lowest BCUT2D eigenvalue weighted by Crippen LogP contribution is -2.43. The summed E-state index contributed by atoms with van der Waals surface area (Å²) in [4.78, 5) is 31.6. The third-order valence-corrected chi connectivity index (χ3v) is 6.38. The Balaban J connectivity index is 1.31. The third-order valence-electron chi connectivity index (χ3n) is 6.38. The smallest absolute Gasteiger partial charge is 0.444 e. The molecule has 40 heavy (non-hydrogen) atoms. The molecule has 15 heteroatoms. The lowest BCUT2D eigenvalue weighted by molar-refractivity contribution is -0.274. The second-order valence-electron chi connectivity index (χ2n) is 10.8. The summed E-state index contributed by atoms with van der Waals surface area (Å²) >= 11 is 0. The maximum atomic E-state index is 13.0. The molecule has 1 aromatic carbocycles. The third kappa shape index (κ3) is 6.69. The Morgan fingerprint density at radius 1 is 1.20 bits per heavy atom. The molecule has 3 heterocycles. The van der Waals surface area contributed by atoms with Crippen molar-refractivity contribution in [2.24, 2.45) is 0 Å². The number of alkyl halides is 3. The average Bonchev–Trinajstić information content (AvgIpc) is 3.21. The minimum Gasteiger partial charge on any atom is -0.444 e. The monoisotopic (exact) mass is 563 g/mol. The number of carbonyl (C=O) groups excluding carboxylic acids is 2. The van der Waals surface area contributed by atoms with Gasteiger partial charge < -0.3 is 24.2 Å². The van der Waals surface area contributed by atoms with Gasteiger partial charge in [-0.05, 0) is 63.6 Å². The van der Waals surface area contributed by atoms with Crippen molar-refractivity contribution in [3.05, 3.63) is 42.0 Å². The second-order valence-corrected chi connectivity index (χ2v) is 10.8. The van der Waals surface area contributed by atoms with Crippen molar-refractivity contribution in [2.45, 2.75) is 76.5 Å². The second kappa shape index (κ2) is 10.4. The maximum absolute atomic E-state index is 13.0. The number of amides is 2. The van der Waals surface area contributed by atoms with Crippen LogP contribution in [-0.4, -0.2) is 72.6 Å². The number of hydrogen-bond acceptors (Lipinski definition) is 9. The van der Waals surface area contributed by atoms with E-state index in [2.05, 4.69) is 30.5 Å².